The molecule has 0 spiro atoms. The van der Waals surface area contributed by atoms with Crippen molar-refractivity contribution in [2.45, 2.75) is 19.3 Å². The van der Waals surface area contributed by atoms with Gasteiger partial charge in [0.1, 0.15) is 5.75 Å². The van der Waals surface area contributed by atoms with E-state index in [4.69, 9.17) is 4.74 Å². The first-order chi connectivity index (χ1) is 6.74. The van der Waals surface area contributed by atoms with Crippen LogP contribution in [0.25, 0.3) is 0 Å². The van der Waals surface area contributed by atoms with E-state index < -0.39 is 0 Å². The van der Waals surface area contributed by atoms with Crippen LogP contribution in [0, 0.1) is 3.57 Å². The predicted molar refractivity (Wildman–Crippen MR) is 63.0 cm³/mol. The van der Waals surface area contributed by atoms with Crippen LogP contribution in [0.3, 0.4) is 0 Å². The molecule has 1 aromatic rings. The monoisotopic (exact) mass is 302 g/mol. The molecule has 0 aliphatic heterocycles. The molecule has 0 radical (unpaired) electrons. The fraction of sp³-hybridized carbons (Fsp3) is 0.364. The number of hydrogen-bond acceptors (Lipinski definition) is 2. The third-order valence-electron chi connectivity index (χ3n) is 2.55. The average Bonchev–Trinajstić information content (AvgIpc) is 2.18. The summed E-state index contributed by atoms with van der Waals surface area (Å²) in [5.41, 5.74) is 1.95. The van der Waals surface area contributed by atoms with Crippen LogP contribution in [0.4, 0.5) is 0 Å². The van der Waals surface area contributed by atoms with Gasteiger partial charge in [-0.25, -0.2) is 0 Å². The summed E-state index contributed by atoms with van der Waals surface area (Å²) in [6.07, 6.45) is 2.58. The Morgan fingerprint density at radius 3 is 2.86 bits per heavy atom. The summed E-state index contributed by atoms with van der Waals surface area (Å²) in [6, 6.07) is 3.86. The summed E-state index contributed by atoms with van der Waals surface area (Å²) in [5.74, 6) is 1.14. The fourth-order valence-corrected chi connectivity index (χ4v) is 2.62. The molecule has 0 heterocycles. The van der Waals surface area contributed by atoms with E-state index in [1.54, 1.807) is 7.11 Å². The maximum atomic E-state index is 11.6. The summed E-state index contributed by atoms with van der Waals surface area (Å²) in [4.78, 5) is 11.6. The van der Waals surface area contributed by atoms with Crippen molar-refractivity contribution < 1.29 is 9.53 Å². The van der Waals surface area contributed by atoms with Gasteiger partial charge in [0.15, 0.2) is 5.78 Å². The molecule has 0 saturated carbocycles. The number of rotatable bonds is 1. The molecule has 0 amide bonds. The van der Waals surface area contributed by atoms with Crippen molar-refractivity contribution in [2.75, 3.05) is 7.11 Å². The maximum absolute atomic E-state index is 11.6. The van der Waals surface area contributed by atoms with Crippen LogP contribution < -0.4 is 4.74 Å². The second kappa shape index (κ2) is 3.88. The number of fused-ring (bicyclic) bond motifs is 1. The van der Waals surface area contributed by atoms with Gasteiger partial charge in [-0.15, -0.1) is 0 Å². The number of halogens is 1. The minimum absolute atomic E-state index is 0.251. The van der Waals surface area contributed by atoms with Crippen LogP contribution in [-0.4, -0.2) is 12.9 Å². The topological polar surface area (TPSA) is 26.3 Å². The standard InChI is InChI=1S/C11H11IO2/c1-14-11-8-3-2-4-10(13)7(8)5-6-9(11)12/h5-6H,2-4H2,1H3. The zero-order valence-corrected chi connectivity index (χ0v) is 10.1. The summed E-state index contributed by atoms with van der Waals surface area (Å²) in [5, 5.41) is 0. The third-order valence-corrected chi connectivity index (χ3v) is 3.40. The SMILES string of the molecule is COc1c(I)ccc2c1CCCC2=O. The Morgan fingerprint density at radius 2 is 2.14 bits per heavy atom. The molecule has 1 aliphatic carbocycles. The Hall–Kier alpha value is -0.580. The molecule has 1 aliphatic rings. The highest BCUT2D eigenvalue weighted by atomic mass is 127. The molecule has 0 saturated heterocycles. The first-order valence-electron chi connectivity index (χ1n) is 4.62. The molecule has 1 aromatic carbocycles. The number of Topliss-reactive ketones (excluding diaryl/α,β-unsaturated/α-hetero) is 1. The normalized spacial score (nSPS) is 15.1. The van der Waals surface area contributed by atoms with Gasteiger partial charge in [0.25, 0.3) is 0 Å². The van der Waals surface area contributed by atoms with Gasteiger partial charge < -0.3 is 4.74 Å². The molecule has 0 unspecified atom stereocenters. The number of carbonyl (C=O) groups is 1. The minimum atomic E-state index is 0.251. The van der Waals surface area contributed by atoms with Gasteiger partial charge in [-0.05, 0) is 47.6 Å². The van der Waals surface area contributed by atoms with E-state index in [0.29, 0.717) is 6.42 Å². The van der Waals surface area contributed by atoms with Crippen LogP contribution in [0.2, 0.25) is 0 Å². The van der Waals surface area contributed by atoms with Crippen LogP contribution in [0.5, 0.6) is 5.75 Å². The second-order valence-corrected chi connectivity index (χ2v) is 4.55. The van der Waals surface area contributed by atoms with E-state index in [1.807, 2.05) is 12.1 Å². The van der Waals surface area contributed by atoms with Crippen LogP contribution >= 0.6 is 22.6 Å². The lowest BCUT2D eigenvalue weighted by Gasteiger charge is -2.18. The quantitative estimate of drug-likeness (QED) is 0.746. The van der Waals surface area contributed by atoms with Gasteiger partial charge in [0, 0.05) is 17.5 Å². The lowest BCUT2D eigenvalue weighted by Crippen LogP contribution is -2.12. The average molecular weight is 302 g/mol. The van der Waals surface area contributed by atoms with E-state index in [0.717, 1.165) is 33.3 Å². The molecular weight excluding hydrogens is 291 g/mol. The van der Waals surface area contributed by atoms with Gasteiger partial charge in [0.2, 0.25) is 0 Å². The van der Waals surface area contributed by atoms with Crippen molar-refractivity contribution in [2.24, 2.45) is 0 Å². The second-order valence-electron chi connectivity index (χ2n) is 3.38. The van der Waals surface area contributed by atoms with Gasteiger partial charge >= 0.3 is 0 Å². The molecule has 0 aromatic heterocycles. The number of hydrogen-bond donors (Lipinski definition) is 0. The lowest BCUT2D eigenvalue weighted by atomic mass is 9.90. The molecule has 3 heteroatoms. The van der Waals surface area contributed by atoms with Crippen molar-refractivity contribution in [1.82, 2.24) is 0 Å². The highest BCUT2D eigenvalue weighted by Crippen LogP contribution is 2.33. The van der Waals surface area contributed by atoms with E-state index in [9.17, 15) is 4.79 Å². The van der Waals surface area contributed by atoms with Gasteiger partial charge in [-0.3, -0.25) is 4.79 Å². The van der Waals surface area contributed by atoms with E-state index in [2.05, 4.69) is 22.6 Å². The van der Waals surface area contributed by atoms with E-state index in [1.165, 1.54) is 0 Å². The Kier molecular flexibility index (Phi) is 2.76. The number of carbonyl (C=O) groups excluding carboxylic acids is 1. The van der Waals surface area contributed by atoms with Crippen molar-refractivity contribution in [3.8, 4) is 5.75 Å². The Labute approximate surface area is 96.8 Å². The van der Waals surface area contributed by atoms with Gasteiger partial charge in [-0.1, -0.05) is 0 Å². The van der Waals surface area contributed by atoms with Crippen LogP contribution in [0.1, 0.15) is 28.8 Å². The molecule has 0 bridgehead atoms. The van der Waals surface area contributed by atoms with Crippen LogP contribution in [0.15, 0.2) is 12.1 Å². The number of ketones is 1. The zero-order chi connectivity index (χ0) is 10.1. The van der Waals surface area contributed by atoms with Gasteiger partial charge in [0.05, 0.1) is 10.7 Å². The van der Waals surface area contributed by atoms with Crippen molar-refractivity contribution >= 4 is 28.4 Å². The largest absolute Gasteiger partial charge is 0.495 e. The molecule has 0 atom stereocenters. The van der Waals surface area contributed by atoms with Crippen molar-refractivity contribution in [3.05, 3.63) is 26.8 Å². The first-order valence-corrected chi connectivity index (χ1v) is 5.70. The van der Waals surface area contributed by atoms with E-state index in [-0.39, 0.29) is 5.78 Å². The molecule has 74 valence electrons. The highest BCUT2D eigenvalue weighted by molar-refractivity contribution is 14.1. The minimum Gasteiger partial charge on any atom is -0.495 e. The molecule has 2 nitrogen and oxygen atoms in total. The van der Waals surface area contributed by atoms with Crippen molar-refractivity contribution in [1.29, 1.82) is 0 Å². The third kappa shape index (κ3) is 1.54. The predicted octanol–water partition coefficient (Wildman–Crippen LogP) is 2.82. The Morgan fingerprint density at radius 1 is 1.36 bits per heavy atom. The molecular formula is C11H11IO2. The lowest BCUT2D eigenvalue weighted by molar-refractivity contribution is 0.0971. The van der Waals surface area contributed by atoms with E-state index >= 15 is 0 Å². The zero-order valence-electron chi connectivity index (χ0n) is 7.97. The molecule has 14 heavy (non-hydrogen) atoms. The number of benzene rings is 1. The number of methoxy groups -OCH3 is 1. The molecule has 0 fully saturated rings. The Bertz CT molecular complexity index is 385. The Balaban J connectivity index is 2.61. The summed E-state index contributed by atoms with van der Waals surface area (Å²) in [7, 11) is 1.66. The molecule has 2 rings (SSSR count). The smallest absolute Gasteiger partial charge is 0.163 e. The summed E-state index contributed by atoms with van der Waals surface area (Å²) in [6.45, 7) is 0. The fourth-order valence-electron chi connectivity index (χ4n) is 1.89. The van der Waals surface area contributed by atoms with Crippen LogP contribution in [-0.2, 0) is 6.42 Å². The summed E-state index contributed by atoms with van der Waals surface area (Å²) >= 11 is 2.24. The summed E-state index contributed by atoms with van der Waals surface area (Å²) < 4.78 is 6.41. The first kappa shape index (κ1) is 9.96. The number of ether oxygens (including phenoxy) is 1. The maximum Gasteiger partial charge on any atom is 0.163 e. The van der Waals surface area contributed by atoms with Gasteiger partial charge in [-0.2, -0.15) is 0 Å². The molecule has 0 N–H and O–H groups in total. The van der Waals surface area contributed by atoms with Crippen molar-refractivity contribution in [3.63, 3.8) is 0 Å². The highest BCUT2D eigenvalue weighted by Gasteiger charge is 2.21.